The minimum Gasteiger partial charge on any atom is -0.347 e. The highest BCUT2D eigenvalue weighted by Crippen LogP contribution is 2.33. The molecule has 1 aromatic carbocycles. The van der Waals surface area contributed by atoms with Gasteiger partial charge in [0.05, 0.1) is 12.7 Å². The Kier molecular flexibility index (Phi) is 5.88. The van der Waals surface area contributed by atoms with Crippen LogP contribution in [0, 0.1) is 11.7 Å². The third kappa shape index (κ3) is 4.53. The maximum Gasteiger partial charge on any atom is 0.241 e. The highest BCUT2D eigenvalue weighted by Gasteiger charge is 2.27. The summed E-state index contributed by atoms with van der Waals surface area (Å²) in [6, 6.07) is 6.33. The number of hydrogen-bond donors (Lipinski definition) is 2. The van der Waals surface area contributed by atoms with Crippen molar-refractivity contribution in [2.24, 2.45) is 5.92 Å². The van der Waals surface area contributed by atoms with Crippen LogP contribution in [0.3, 0.4) is 0 Å². The second-order valence-corrected chi connectivity index (χ2v) is 7.26. The molecule has 1 fully saturated rings. The van der Waals surface area contributed by atoms with Crippen molar-refractivity contribution in [1.29, 1.82) is 0 Å². The predicted octanol–water partition coefficient (Wildman–Crippen LogP) is 2.69. The summed E-state index contributed by atoms with van der Waals surface area (Å²) < 4.78 is 13.2. The summed E-state index contributed by atoms with van der Waals surface area (Å²) in [7, 11) is 0. The number of carbonyl (C=O) groups excluding carboxylic acids is 2. The molecule has 1 aromatic heterocycles. The molecular weight excluding hydrogens is 347 g/mol. The van der Waals surface area contributed by atoms with E-state index in [0.29, 0.717) is 13.1 Å². The van der Waals surface area contributed by atoms with Gasteiger partial charge in [-0.05, 0) is 30.5 Å². The fraction of sp³-hybridized carbons (Fsp3) is 0.450. The van der Waals surface area contributed by atoms with Crippen molar-refractivity contribution in [1.82, 2.24) is 20.4 Å². The number of aromatic nitrogens is 2. The SMILES string of the molecule is CC(C)C(=O)NCC(=O)N1CCCC(c2[nH]ncc2-c2ccc(F)cc2)C1. The number of carbonyl (C=O) groups is 2. The molecule has 1 aliphatic rings. The average molecular weight is 372 g/mol. The summed E-state index contributed by atoms with van der Waals surface area (Å²) in [5, 5.41) is 9.91. The highest BCUT2D eigenvalue weighted by molar-refractivity contribution is 5.85. The number of rotatable bonds is 5. The molecular formula is C20H25FN4O2. The van der Waals surface area contributed by atoms with Crippen LogP contribution >= 0.6 is 0 Å². The number of H-pyrrole nitrogens is 1. The van der Waals surface area contributed by atoms with E-state index >= 15 is 0 Å². The van der Waals surface area contributed by atoms with Crippen molar-refractivity contribution in [3.8, 4) is 11.1 Å². The number of piperidine rings is 1. The van der Waals surface area contributed by atoms with Crippen LogP contribution in [0.5, 0.6) is 0 Å². The van der Waals surface area contributed by atoms with Gasteiger partial charge in [-0.2, -0.15) is 5.10 Å². The Labute approximate surface area is 158 Å². The lowest BCUT2D eigenvalue weighted by Gasteiger charge is -2.33. The first-order valence-corrected chi connectivity index (χ1v) is 9.30. The topological polar surface area (TPSA) is 78.1 Å². The first-order valence-electron chi connectivity index (χ1n) is 9.30. The van der Waals surface area contributed by atoms with E-state index in [1.165, 1.54) is 12.1 Å². The molecule has 0 radical (unpaired) electrons. The lowest BCUT2D eigenvalue weighted by molar-refractivity contribution is -0.134. The summed E-state index contributed by atoms with van der Waals surface area (Å²) in [5.74, 6) is -0.483. The Hall–Kier alpha value is -2.70. The number of likely N-dealkylation sites (tertiary alicyclic amines) is 1. The number of hydrogen-bond acceptors (Lipinski definition) is 3. The van der Waals surface area contributed by atoms with Gasteiger partial charge in [-0.3, -0.25) is 14.7 Å². The number of aromatic amines is 1. The minimum atomic E-state index is -0.276. The predicted molar refractivity (Wildman–Crippen MR) is 100 cm³/mol. The van der Waals surface area contributed by atoms with Gasteiger partial charge in [0.15, 0.2) is 0 Å². The summed E-state index contributed by atoms with van der Waals surface area (Å²) in [4.78, 5) is 26.0. The average Bonchev–Trinajstić information content (AvgIpc) is 3.16. The van der Waals surface area contributed by atoms with E-state index < -0.39 is 0 Å². The van der Waals surface area contributed by atoms with Crippen molar-refractivity contribution >= 4 is 11.8 Å². The number of halogens is 1. The Morgan fingerprint density at radius 3 is 2.78 bits per heavy atom. The molecule has 1 aliphatic heterocycles. The molecule has 7 heteroatoms. The van der Waals surface area contributed by atoms with E-state index in [9.17, 15) is 14.0 Å². The maximum atomic E-state index is 13.2. The van der Waals surface area contributed by atoms with Crippen molar-refractivity contribution in [3.05, 3.63) is 42.0 Å². The Balaban J connectivity index is 1.68. The smallest absolute Gasteiger partial charge is 0.241 e. The first kappa shape index (κ1) is 19.1. The van der Waals surface area contributed by atoms with E-state index in [-0.39, 0.29) is 36.0 Å². The fourth-order valence-electron chi connectivity index (χ4n) is 3.38. The molecule has 2 aromatic rings. The van der Waals surface area contributed by atoms with Crippen LogP contribution in [0.15, 0.2) is 30.5 Å². The molecule has 2 heterocycles. The second kappa shape index (κ2) is 8.33. The monoisotopic (exact) mass is 372 g/mol. The van der Waals surface area contributed by atoms with Gasteiger partial charge in [0.25, 0.3) is 0 Å². The molecule has 0 saturated carbocycles. The minimum absolute atomic E-state index is 0.0253. The molecule has 3 rings (SSSR count). The fourth-order valence-corrected chi connectivity index (χ4v) is 3.38. The van der Waals surface area contributed by atoms with Crippen molar-refractivity contribution in [3.63, 3.8) is 0 Å². The van der Waals surface area contributed by atoms with Gasteiger partial charge < -0.3 is 10.2 Å². The highest BCUT2D eigenvalue weighted by atomic mass is 19.1. The maximum absolute atomic E-state index is 13.2. The molecule has 1 atom stereocenters. The third-order valence-electron chi connectivity index (χ3n) is 4.94. The summed E-state index contributed by atoms with van der Waals surface area (Å²) in [5.41, 5.74) is 2.79. The molecule has 27 heavy (non-hydrogen) atoms. The van der Waals surface area contributed by atoms with E-state index in [0.717, 1.165) is 29.7 Å². The molecule has 6 nitrogen and oxygen atoms in total. The summed E-state index contributed by atoms with van der Waals surface area (Å²) in [6.07, 6.45) is 3.57. The zero-order valence-corrected chi connectivity index (χ0v) is 15.7. The summed E-state index contributed by atoms with van der Waals surface area (Å²) in [6.45, 7) is 4.88. The van der Waals surface area contributed by atoms with Crippen molar-refractivity contribution < 1.29 is 14.0 Å². The molecule has 1 saturated heterocycles. The standard InChI is InChI=1S/C20H25FN4O2/c1-13(2)20(27)22-11-18(26)25-9-3-4-15(12-25)19-17(10-23-24-19)14-5-7-16(21)8-6-14/h5-8,10,13,15H,3-4,9,11-12H2,1-2H3,(H,22,27)(H,23,24). The van der Waals surface area contributed by atoms with Crippen molar-refractivity contribution in [2.75, 3.05) is 19.6 Å². The van der Waals surface area contributed by atoms with Crippen LogP contribution in [-0.2, 0) is 9.59 Å². The van der Waals surface area contributed by atoms with E-state index in [1.807, 2.05) is 0 Å². The summed E-state index contributed by atoms with van der Waals surface area (Å²) >= 11 is 0. The van der Waals surface area contributed by atoms with Gasteiger partial charge >= 0.3 is 0 Å². The number of amides is 2. The van der Waals surface area contributed by atoms with E-state index in [4.69, 9.17) is 0 Å². The molecule has 0 spiro atoms. The Morgan fingerprint density at radius 1 is 1.33 bits per heavy atom. The lowest BCUT2D eigenvalue weighted by atomic mass is 9.90. The first-order chi connectivity index (χ1) is 13.0. The molecule has 2 N–H and O–H groups in total. The number of nitrogens with zero attached hydrogens (tertiary/aromatic N) is 2. The van der Waals surface area contributed by atoms with Crippen molar-refractivity contribution in [2.45, 2.75) is 32.6 Å². The van der Waals surface area contributed by atoms with Crippen LogP contribution in [0.1, 0.15) is 38.3 Å². The zero-order valence-electron chi connectivity index (χ0n) is 15.7. The Bertz CT molecular complexity index is 801. The Morgan fingerprint density at radius 2 is 2.07 bits per heavy atom. The number of nitrogens with one attached hydrogen (secondary N) is 2. The van der Waals surface area contributed by atoms with Crippen LogP contribution in [0.4, 0.5) is 4.39 Å². The normalized spacial score (nSPS) is 17.2. The second-order valence-electron chi connectivity index (χ2n) is 7.26. The lowest BCUT2D eigenvalue weighted by Crippen LogP contribution is -2.45. The van der Waals surface area contributed by atoms with Gasteiger partial charge in [-0.25, -0.2) is 4.39 Å². The quantitative estimate of drug-likeness (QED) is 0.847. The number of benzene rings is 1. The van der Waals surface area contributed by atoms with Gasteiger partial charge in [0.2, 0.25) is 11.8 Å². The van der Waals surface area contributed by atoms with Gasteiger partial charge in [0, 0.05) is 36.2 Å². The largest absolute Gasteiger partial charge is 0.347 e. The molecule has 0 bridgehead atoms. The van der Waals surface area contributed by atoms with Gasteiger partial charge in [-0.15, -0.1) is 0 Å². The molecule has 2 amide bonds. The van der Waals surface area contributed by atoms with E-state index in [1.54, 1.807) is 37.1 Å². The van der Waals surface area contributed by atoms with Crippen LogP contribution < -0.4 is 5.32 Å². The molecule has 1 unspecified atom stereocenters. The van der Waals surface area contributed by atoms with Gasteiger partial charge in [-0.1, -0.05) is 26.0 Å². The third-order valence-corrected chi connectivity index (χ3v) is 4.94. The van der Waals surface area contributed by atoms with E-state index in [2.05, 4.69) is 15.5 Å². The van der Waals surface area contributed by atoms with Crippen LogP contribution in [-0.4, -0.2) is 46.5 Å². The van der Waals surface area contributed by atoms with Crippen LogP contribution in [0.25, 0.3) is 11.1 Å². The zero-order chi connectivity index (χ0) is 19.4. The molecule has 0 aliphatic carbocycles. The molecule has 144 valence electrons. The van der Waals surface area contributed by atoms with Gasteiger partial charge in [0.1, 0.15) is 5.82 Å². The van der Waals surface area contributed by atoms with Crippen LogP contribution in [0.2, 0.25) is 0 Å².